The maximum atomic E-state index is 13.0. The Morgan fingerprint density at radius 3 is 2.57 bits per heavy atom. The number of esters is 1. The number of likely N-dealkylation sites (tertiary alicyclic amines) is 1. The molecule has 0 aromatic heterocycles. The zero-order chi connectivity index (χ0) is 24.5. The normalized spacial score (nSPS) is 28.7. The van der Waals surface area contributed by atoms with Gasteiger partial charge in [0.2, 0.25) is 0 Å². The molecule has 0 bridgehead atoms. The van der Waals surface area contributed by atoms with E-state index in [4.69, 9.17) is 9.47 Å². The third-order valence-electron chi connectivity index (χ3n) is 8.32. The second-order valence-corrected chi connectivity index (χ2v) is 10.6. The third kappa shape index (κ3) is 4.87. The van der Waals surface area contributed by atoms with Crippen molar-refractivity contribution in [1.29, 1.82) is 0 Å². The Labute approximate surface area is 208 Å². The molecule has 2 saturated carbocycles. The van der Waals surface area contributed by atoms with Gasteiger partial charge in [0, 0.05) is 44.1 Å². The number of hydrogen-bond acceptors (Lipinski definition) is 5. The largest absolute Gasteiger partial charge is 0.427 e. The van der Waals surface area contributed by atoms with E-state index >= 15 is 0 Å². The van der Waals surface area contributed by atoms with Crippen LogP contribution in [0.5, 0.6) is 5.75 Å². The minimum absolute atomic E-state index is 0.0319. The molecule has 3 fully saturated rings. The van der Waals surface area contributed by atoms with Gasteiger partial charge in [-0.25, -0.2) is 0 Å². The summed E-state index contributed by atoms with van der Waals surface area (Å²) in [4.78, 5) is 27.3. The highest BCUT2D eigenvalue weighted by atomic mass is 16.5. The summed E-state index contributed by atoms with van der Waals surface area (Å²) in [5.74, 6) is 1.03. The summed E-state index contributed by atoms with van der Waals surface area (Å²) in [6.45, 7) is 4.45. The predicted molar refractivity (Wildman–Crippen MR) is 134 cm³/mol. The molecule has 1 saturated heterocycles. The molecule has 186 valence electrons. The molecule has 0 spiro atoms. The highest BCUT2D eigenvalue weighted by Crippen LogP contribution is 2.54. The summed E-state index contributed by atoms with van der Waals surface area (Å²) < 4.78 is 11.9. The van der Waals surface area contributed by atoms with Crippen molar-refractivity contribution < 1.29 is 19.1 Å². The van der Waals surface area contributed by atoms with Gasteiger partial charge in [-0.15, -0.1) is 0 Å². The van der Waals surface area contributed by atoms with Gasteiger partial charge < -0.3 is 19.7 Å². The van der Waals surface area contributed by atoms with E-state index in [9.17, 15) is 9.59 Å². The van der Waals surface area contributed by atoms with Gasteiger partial charge >= 0.3 is 5.97 Å². The molecule has 3 aliphatic rings. The highest BCUT2D eigenvalue weighted by molar-refractivity contribution is 5.94. The molecule has 6 heteroatoms. The third-order valence-corrected chi connectivity index (χ3v) is 8.32. The summed E-state index contributed by atoms with van der Waals surface area (Å²) in [5.41, 5.74) is 1.16. The van der Waals surface area contributed by atoms with Crippen molar-refractivity contribution in [2.45, 2.75) is 62.5 Å². The Morgan fingerprint density at radius 1 is 1.06 bits per heavy atom. The smallest absolute Gasteiger partial charge is 0.308 e. The van der Waals surface area contributed by atoms with Crippen LogP contribution >= 0.6 is 0 Å². The lowest BCUT2D eigenvalue weighted by molar-refractivity contribution is -0.148. The summed E-state index contributed by atoms with van der Waals surface area (Å²) >= 11 is 0. The first-order valence-electron chi connectivity index (χ1n) is 12.9. The molecule has 1 heterocycles. The Bertz CT molecular complexity index is 1070. The molecule has 1 N–H and O–H groups in total. The van der Waals surface area contributed by atoms with Gasteiger partial charge in [-0.2, -0.15) is 0 Å². The number of carbonyl (C=O) groups excluding carboxylic acids is 2. The van der Waals surface area contributed by atoms with E-state index in [0.717, 1.165) is 56.8 Å². The van der Waals surface area contributed by atoms with Crippen molar-refractivity contribution in [3.8, 4) is 5.75 Å². The topological polar surface area (TPSA) is 67.9 Å². The Morgan fingerprint density at radius 2 is 1.86 bits per heavy atom. The van der Waals surface area contributed by atoms with E-state index in [1.54, 1.807) is 0 Å². The van der Waals surface area contributed by atoms with Crippen molar-refractivity contribution in [3.63, 3.8) is 0 Å². The van der Waals surface area contributed by atoms with E-state index in [1.165, 1.54) is 19.8 Å². The zero-order valence-electron chi connectivity index (χ0n) is 20.8. The van der Waals surface area contributed by atoms with Crippen molar-refractivity contribution in [2.24, 2.45) is 5.92 Å². The number of fused-ring (bicyclic) bond motifs is 1. The van der Waals surface area contributed by atoms with E-state index in [2.05, 4.69) is 16.3 Å². The van der Waals surface area contributed by atoms with Crippen LogP contribution in [0, 0.1) is 5.92 Å². The SMILES string of the molecule is COC12CCC(NC(=O)c3ccccc3)CC1(c1cccc(OC(C)=O)c1)CCN(CC1CC1)C2. The molecule has 6 nitrogen and oxygen atoms in total. The number of carbonyl (C=O) groups is 2. The summed E-state index contributed by atoms with van der Waals surface area (Å²) in [6, 6.07) is 17.4. The van der Waals surface area contributed by atoms with Gasteiger partial charge in [-0.3, -0.25) is 9.59 Å². The maximum absolute atomic E-state index is 13.0. The summed E-state index contributed by atoms with van der Waals surface area (Å²) in [7, 11) is 1.84. The molecule has 5 rings (SSSR count). The molecular weight excluding hydrogens is 440 g/mol. The average molecular weight is 477 g/mol. The van der Waals surface area contributed by atoms with Crippen LogP contribution in [0.25, 0.3) is 0 Å². The van der Waals surface area contributed by atoms with Crippen molar-refractivity contribution in [2.75, 3.05) is 26.7 Å². The standard InChI is InChI=1S/C29H36N2O4/c1-21(32)35-26-10-6-9-24(17-26)28-15-16-31(19-22-11-12-22)20-29(28,34-2)14-13-25(18-28)30-27(33)23-7-4-3-5-8-23/h3-10,17,22,25H,11-16,18-20H2,1-2H3,(H,30,33). The quantitative estimate of drug-likeness (QED) is 0.476. The minimum atomic E-state index is -0.358. The number of nitrogens with zero attached hydrogens (tertiary/aromatic N) is 1. The molecule has 3 atom stereocenters. The molecule has 2 aliphatic carbocycles. The summed E-state index contributed by atoms with van der Waals surface area (Å²) in [5, 5.41) is 3.31. The van der Waals surface area contributed by atoms with Crippen LogP contribution in [0.1, 0.15) is 61.4 Å². The fraction of sp³-hybridized carbons (Fsp3) is 0.517. The van der Waals surface area contributed by atoms with Gasteiger partial charge in [-0.05, 0) is 80.8 Å². The van der Waals surface area contributed by atoms with Gasteiger partial charge in [-0.1, -0.05) is 30.3 Å². The Kier molecular flexibility index (Phi) is 6.69. The highest BCUT2D eigenvalue weighted by Gasteiger charge is 2.59. The molecule has 0 radical (unpaired) electrons. The van der Waals surface area contributed by atoms with Crippen molar-refractivity contribution >= 4 is 11.9 Å². The van der Waals surface area contributed by atoms with Crippen LogP contribution in [0.3, 0.4) is 0 Å². The van der Waals surface area contributed by atoms with Crippen LogP contribution in [-0.4, -0.2) is 55.2 Å². The predicted octanol–water partition coefficient (Wildman–Crippen LogP) is 4.33. The minimum Gasteiger partial charge on any atom is -0.427 e. The molecule has 2 aromatic carbocycles. The number of nitrogens with one attached hydrogen (secondary N) is 1. The zero-order valence-corrected chi connectivity index (χ0v) is 20.8. The number of benzene rings is 2. The number of hydrogen-bond donors (Lipinski definition) is 1. The first kappa shape index (κ1) is 24.0. The van der Waals surface area contributed by atoms with Gasteiger partial charge in [0.25, 0.3) is 5.91 Å². The molecule has 2 aromatic rings. The van der Waals surface area contributed by atoms with Crippen LogP contribution < -0.4 is 10.1 Å². The monoisotopic (exact) mass is 476 g/mol. The fourth-order valence-electron chi connectivity index (χ4n) is 6.42. The second-order valence-electron chi connectivity index (χ2n) is 10.6. The van der Waals surface area contributed by atoms with E-state index < -0.39 is 0 Å². The van der Waals surface area contributed by atoms with Gasteiger partial charge in [0.05, 0.1) is 5.60 Å². The second kappa shape index (κ2) is 9.75. The lowest BCUT2D eigenvalue weighted by Gasteiger charge is -2.60. The average Bonchev–Trinajstić information content (AvgIpc) is 3.68. The Balaban J connectivity index is 1.47. The molecular formula is C29H36N2O4. The molecule has 1 amide bonds. The molecule has 35 heavy (non-hydrogen) atoms. The van der Waals surface area contributed by atoms with Crippen molar-refractivity contribution in [1.82, 2.24) is 10.2 Å². The van der Waals surface area contributed by atoms with Gasteiger partial charge in [0.15, 0.2) is 0 Å². The lowest BCUT2D eigenvalue weighted by atomic mass is 9.55. The fourth-order valence-corrected chi connectivity index (χ4v) is 6.42. The maximum Gasteiger partial charge on any atom is 0.308 e. The first-order valence-corrected chi connectivity index (χ1v) is 12.9. The molecule has 1 aliphatic heterocycles. The summed E-state index contributed by atoms with van der Waals surface area (Å²) in [6.07, 6.45) is 6.13. The van der Waals surface area contributed by atoms with Crippen LogP contribution in [0.4, 0.5) is 0 Å². The number of ether oxygens (including phenoxy) is 2. The number of methoxy groups -OCH3 is 1. The van der Waals surface area contributed by atoms with E-state index in [-0.39, 0.29) is 28.9 Å². The van der Waals surface area contributed by atoms with Crippen LogP contribution in [0.15, 0.2) is 54.6 Å². The van der Waals surface area contributed by atoms with Crippen LogP contribution in [0.2, 0.25) is 0 Å². The lowest BCUT2D eigenvalue weighted by Crippen LogP contribution is -2.68. The first-order chi connectivity index (χ1) is 16.9. The number of rotatable bonds is 7. The number of piperidine rings is 1. The van der Waals surface area contributed by atoms with E-state index in [0.29, 0.717) is 11.3 Å². The van der Waals surface area contributed by atoms with Gasteiger partial charge in [0.1, 0.15) is 5.75 Å². The molecule has 3 unspecified atom stereocenters. The van der Waals surface area contributed by atoms with Crippen molar-refractivity contribution in [3.05, 3.63) is 65.7 Å². The Hall–Kier alpha value is -2.70. The van der Waals surface area contributed by atoms with E-state index in [1.807, 2.05) is 55.6 Å². The van der Waals surface area contributed by atoms with Crippen LogP contribution in [-0.2, 0) is 14.9 Å². The number of amides is 1.